The molecule has 4 atom stereocenters. The number of nitrogens with zero attached hydrogens (tertiary/aromatic N) is 2. The van der Waals surface area contributed by atoms with Crippen molar-refractivity contribution in [1.29, 1.82) is 0 Å². The van der Waals surface area contributed by atoms with Crippen LogP contribution < -0.4 is 10.2 Å². The van der Waals surface area contributed by atoms with Crippen LogP contribution in [0.2, 0.25) is 23.7 Å². The number of hydrogen-bond donors (Lipinski definition) is 2. The second kappa shape index (κ2) is 14.5. The molecular formula is C39H41ClFN3O5Si. The van der Waals surface area contributed by atoms with Gasteiger partial charge in [0.25, 0.3) is 11.8 Å². The smallest absolute Gasteiger partial charge is 0.264 e. The average molecular weight is 714 g/mol. The second-order valence-corrected chi connectivity index (χ2v) is 17.8. The standard InChI is InChI=1S/C39H41ClFN3O5Si/c1-26-36(50(2,3)41)34(23-35(46)43(19-20-45)24-27-11-6-4-7-12-27)49-39(26)32-22-30(40)17-18-33(32)44(38(39)48)25-28-13-10-16-31(21-28)42-37(47)29-14-8-5-9-15-29/h4-18,21-22,26,34,36,45H,19-20,23-25H2,1-3H3,(H,42,47)/t26-,34+,36-,39+/m0/s1. The summed E-state index contributed by atoms with van der Waals surface area (Å²) in [6.07, 6.45) is -1.02. The molecule has 6 rings (SSSR count). The van der Waals surface area contributed by atoms with Crippen LogP contribution in [0, 0.1) is 5.92 Å². The lowest BCUT2D eigenvalue weighted by molar-refractivity contribution is -0.150. The quantitative estimate of drug-likeness (QED) is 0.125. The number of carbonyl (C=O) groups excluding carboxylic acids is 3. The normalized spacial score (nSPS) is 21.4. The molecule has 50 heavy (non-hydrogen) atoms. The van der Waals surface area contributed by atoms with Crippen LogP contribution in [0.25, 0.3) is 0 Å². The molecule has 0 bridgehead atoms. The third kappa shape index (κ3) is 6.98. The zero-order valence-corrected chi connectivity index (χ0v) is 30.1. The average Bonchev–Trinajstić information content (AvgIpc) is 3.51. The number of benzene rings is 4. The van der Waals surface area contributed by atoms with Gasteiger partial charge in [-0.2, -0.15) is 0 Å². The van der Waals surface area contributed by atoms with E-state index in [1.54, 1.807) is 71.4 Å². The summed E-state index contributed by atoms with van der Waals surface area (Å²) in [6.45, 7) is 5.34. The summed E-state index contributed by atoms with van der Waals surface area (Å²) in [7, 11) is -3.54. The zero-order valence-electron chi connectivity index (χ0n) is 28.3. The molecule has 2 N–H and O–H groups in total. The van der Waals surface area contributed by atoms with E-state index in [4.69, 9.17) is 16.3 Å². The van der Waals surface area contributed by atoms with Crippen LogP contribution in [0.3, 0.4) is 0 Å². The van der Waals surface area contributed by atoms with E-state index in [1.807, 2.05) is 61.5 Å². The van der Waals surface area contributed by atoms with Gasteiger partial charge in [-0.05, 0) is 66.7 Å². The molecule has 2 heterocycles. The first kappa shape index (κ1) is 35.5. The summed E-state index contributed by atoms with van der Waals surface area (Å²) in [5.74, 6) is -1.50. The molecule has 0 aromatic heterocycles. The van der Waals surface area contributed by atoms with Crippen LogP contribution >= 0.6 is 11.6 Å². The molecule has 0 aliphatic carbocycles. The molecule has 8 nitrogen and oxygen atoms in total. The first-order valence-electron chi connectivity index (χ1n) is 16.8. The summed E-state index contributed by atoms with van der Waals surface area (Å²) in [5.41, 5.74) is 1.65. The number of halogens is 2. The van der Waals surface area contributed by atoms with Crippen molar-refractivity contribution in [3.63, 3.8) is 0 Å². The third-order valence-corrected chi connectivity index (χ3v) is 12.5. The maximum absolute atomic E-state index is 16.4. The summed E-state index contributed by atoms with van der Waals surface area (Å²) in [6, 6.07) is 30.8. The first-order chi connectivity index (χ1) is 23.9. The topological polar surface area (TPSA) is 99.2 Å². The minimum Gasteiger partial charge on any atom is -0.395 e. The molecule has 260 valence electrons. The van der Waals surface area contributed by atoms with E-state index in [-0.39, 0.29) is 50.4 Å². The van der Waals surface area contributed by atoms with Gasteiger partial charge in [0.05, 0.1) is 31.4 Å². The number of rotatable bonds is 11. The van der Waals surface area contributed by atoms with Crippen molar-refractivity contribution in [2.45, 2.75) is 56.8 Å². The number of nitrogens with one attached hydrogen (secondary N) is 1. The Hall–Kier alpha value is -4.35. The number of anilines is 2. The second-order valence-electron chi connectivity index (χ2n) is 13.6. The number of ether oxygens (including phenoxy) is 1. The maximum Gasteiger partial charge on any atom is 0.264 e. The van der Waals surface area contributed by atoms with Gasteiger partial charge >= 0.3 is 0 Å². The zero-order chi connectivity index (χ0) is 35.6. The largest absolute Gasteiger partial charge is 0.395 e. The Kier molecular flexibility index (Phi) is 10.3. The lowest BCUT2D eigenvalue weighted by Crippen LogP contribution is -2.45. The number of amides is 3. The Labute approximate surface area is 298 Å². The fourth-order valence-corrected chi connectivity index (χ4v) is 10.3. The Morgan fingerprint density at radius 2 is 1.66 bits per heavy atom. The van der Waals surface area contributed by atoms with Gasteiger partial charge in [-0.15, -0.1) is 0 Å². The highest BCUT2D eigenvalue weighted by atomic mass is 35.5. The molecule has 0 saturated carbocycles. The minimum atomic E-state index is -3.54. The lowest BCUT2D eigenvalue weighted by Gasteiger charge is -2.31. The summed E-state index contributed by atoms with van der Waals surface area (Å²) in [4.78, 5) is 44.7. The highest BCUT2D eigenvalue weighted by molar-refractivity contribution is 6.72. The third-order valence-electron chi connectivity index (χ3n) is 9.80. The van der Waals surface area contributed by atoms with E-state index >= 15 is 4.11 Å². The van der Waals surface area contributed by atoms with E-state index in [2.05, 4.69) is 5.32 Å². The summed E-state index contributed by atoms with van der Waals surface area (Å²) in [5, 5.41) is 13.1. The minimum absolute atomic E-state index is 0.109. The van der Waals surface area contributed by atoms with E-state index in [0.717, 1.165) is 11.1 Å². The Morgan fingerprint density at radius 1 is 0.980 bits per heavy atom. The molecule has 1 fully saturated rings. The fourth-order valence-electron chi connectivity index (χ4n) is 7.62. The van der Waals surface area contributed by atoms with Crippen molar-refractivity contribution < 1.29 is 28.3 Å². The molecule has 1 saturated heterocycles. The molecule has 0 radical (unpaired) electrons. The predicted octanol–water partition coefficient (Wildman–Crippen LogP) is 7.33. The van der Waals surface area contributed by atoms with Gasteiger partial charge < -0.3 is 29.1 Å². The number of carbonyl (C=O) groups is 3. The lowest BCUT2D eigenvalue weighted by atomic mass is 9.82. The number of fused-ring (bicyclic) bond motifs is 2. The van der Waals surface area contributed by atoms with Crippen molar-refractivity contribution in [2.24, 2.45) is 5.92 Å². The van der Waals surface area contributed by atoms with Gasteiger partial charge in [-0.1, -0.05) is 79.2 Å². The fraction of sp³-hybridized carbons (Fsp3) is 0.308. The Balaban J connectivity index is 1.30. The molecule has 1 spiro atoms. The Bertz CT molecular complexity index is 1870. The predicted molar refractivity (Wildman–Crippen MR) is 195 cm³/mol. The van der Waals surface area contributed by atoms with E-state index in [1.165, 1.54) is 0 Å². The number of aliphatic hydroxyl groups excluding tert-OH is 1. The van der Waals surface area contributed by atoms with Gasteiger partial charge in [-0.3, -0.25) is 14.4 Å². The molecule has 0 unspecified atom stereocenters. The van der Waals surface area contributed by atoms with Crippen LogP contribution in [0.4, 0.5) is 15.5 Å². The molecule has 11 heteroatoms. The van der Waals surface area contributed by atoms with Crippen LogP contribution in [0.15, 0.2) is 103 Å². The van der Waals surface area contributed by atoms with E-state index < -0.39 is 31.6 Å². The van der Waals surface area contributed by atoms with Crippen molar-refractivity contribution in [1.82, 2.24) is 4.90 Å². The van der Waals surface area contributed by atoms with Crippen LogP contribution in [0.1, 0.15) is 40.4 Å². The molecule has 3 amide bonds. The van der Waals surface area contributed by atoms with Gasteiger partial charge in [0.1, 0.15) is 0 Å². The van der Waals surface area contributed by atoms with E-state index in [9.17, 15) is 19.5 Å². The monoisotopic (exact) mass is 713 g/mol. The highest BCUT2D eigenvalue weighted by Crippen LogP contribution is 2.60. The number of aliphatic hydroxyl groups is 1. The van der Waals surface area contributed by atoms with Gasteiger partial charge in [0.2, 0.25) is 14.3 Å². The summed E-state index contributed by atoms with van der Waals surface area (Å²) < 4.78 is 23.2. The molecule has 4 aromatic carbocycles. The van der Waals surface area contributed by atoms with E-state index in [0.29, 0.717) is 27.5 Å². The first-order valence-corrected chi connectivity index (χ1v) is 20.1. The van der Waals surface area contributed by atoms with Gasteiger partial charge in [0, 0.05) is 46.4 Å². The number of hydrogen-bond acceptors (Lipinski definition) is 5. The van der Waals surface area contributed by atoms with Crippen LogP contribution in [-0.2, 0) is 33.0 Å². The Morgan fingerprint density at radius 3 is 2.34 bits per heavy atom. The molecule has 2 aliphatic rings. The molecule has 4 aromatic rings. The van der Waals surface area contributed by atoms with Crippen LogP contribution in [-0.4, -0.2) is 55.4 Å². The van der Waals surface area contributed by atoms with Crippen LogP contribution in [0.5, 0.6) is 0 Å². The van der Waals surface area contributed by atoms with Gasteiger partial charge in [0.15, 0.2) is 5.60 Å². The maximum atomic E-state index is 16.4. The molecule has 2 aliphatic heterocycles. The highest BCUT2D eigenvalue weighted by Gasteiger charge is 2.67. The van der Waals surface area contributed by atoms with Crippen molar-refractivity contribution in [3.8, 4) is 0 Å². The van der Waals surface area contributed by atoms with Crippen molar-refractivity contribution >= 4 is 49.1 Å². The summed E-state index contributed by atoms with van der Waals surface area (Å²) >= 11 is 6.53. The van der Waals surface area contributed by atoms with Gasteiger partial charge in [-0.25, -0.2) is 0 Å². The van der Waals surface area contributed by atoms with Crippen molar-refractivity contribution in [3.05, 3.63) is 130 Å². The van der Waals surface area contributed by atoms with Crippen molar-refractivity contribution in [2.75, 3.05) is 23.4 Å². The molecular weight excluding hydrogens is 673 g/mol. The SMILES string of the molecule is C[C@H]1[C@H]([Si](C)(C)F)[C@@H](CC(=O)N(CCO)Cc2ccccc2)O[C@]12C(=O)N(Cc1cccc(NC(=O)c3ccccc3)c1)c1ccc(Cl)cc12.